The number of nitrogens with one attached hydrogen (secondary N) is 1. The van der Waals surface area contributed by atoms with Crippen molar-refractivity contribution >= 4 is 29.3 Å². The van der Waals surface area contributed by atoms with Crippen molar-refractivity contribution in [2.45, 2.75) is 0 Å². The molecule has 0 saturated carbocycles. The first-order valence-electron chi connectivity index (χ1n) is 4.95. The normalized spacial score (nSPS) is 10.2. The van der Waals surface area contributed by atoms with Crippen LogP contribution >= 0.6 is 0 Å². The van der Waals surface area contributed by atoms with Crippen molar-refractivity contribution in [2.75, 3.05) is 14.2 Å². The Morgan fingerprint density at radius 3 is 2.71 bits per heavy atom. The molecule has 17 heavy (non-hydrogen) atoms. The molecule has 5 heteroatoms. The maximum atomic E-state index is 11.4. The van der Waals surface area contributed by atoms with Crippen LogP contribution in [0.4, 0.5) is 5.69 Å². The number of H-pyrrole nitrogens is 1. The van der Waals surface area contributed by atoms with Crippen molar-refractivity contribution in [3.63, 3.8) is 0 Å². The number of nitrogens with zero attached hydrogens (tertiary/aromatic N) is 1. The van der Waals surface area contributed by atoms with Crippen LogP contribution in [0.2, 0.25) is 0 Å². The molecule has 1 heterocycles. The van der Waals surface area contributed by atoms with E-state index in [9.17, 15) is 4.79 Å². The Morgan fingerprint density at radius 2 is 2.12 bits per heavy atom. The van der Waals surface area contributed by atoms with Gasteiger partial charge in [0.2, 0.25) is 0 Å². The highest BCUT2D eigenvalue weighted by Gasteiger charge is 2.11. The summed E-state index contributed by atoms with van der Waals surface area (Å²) in [7, 11) is 2.90. The Bertz CT molecular complexity index is 587. The zero-order valence-electron chi connectivity index (χ0n) is 9.61. The summed E-state index contributed by atoms with van der Waals surface area (Å²) in [4.78, 5) is 18.2. The average molecular weight is 232 g/mol. The van der Waals surface area contributed by atoms with E-state index in [-0.39, 0.29) is 0 Å². The first-order valence-corrected chi connectivity index (χ1v) is 4.95. The summed E-state index contributed by atoms with van der Waals surface area (Å²) < 4.78 is 9.82. The van der Waals surface area contributed by atoms with Gasteiger partial charge in [0.05, 0.1) is 14.2 Å². The van der Waals surface area contributed by atoms with E-state index >= 15 is 0 Å². The largest absolute Gasteiger partial charge is 0.494 e. The fourth-order valence-electron chi connectivity index (χ4n) is 1.66. The van der Waals surface area contributed by atoms with Crippen molar-refractivity contribution in [1.82, 2.24) is 4.98 Å². The van der Waals surface area contributed by atoms with Crippen LogP contribution in [0.5, 0.6) is 5.75 Å². The standard InChI is InChI=1S/C12H12N2O3/c1-13-9-6-8-7(5-11(9)16-2)4-10(14-8)12(15)17-3/h4-6,14H,1H2,2-3H3. The molecule has 1 aromatic heterocycles. The van der Waals surface area contributed by atoms with Gasteiger partial charge in [-0.3, -0.25) is 4.99 Å². The summed E-state index contributed by atoms with van der Waals surface area (Å²) in [5.41, 5.74) is 1.80. The second-order valence-electron chi connectivity index (χ2n) is 3.44. The van der Waals surface area contributed by atoms with Crippen LogP contribution in [-0.4, -0.2) is 31.9 Å². The van der Waals surface area contributed by atoms with E-state index in [1.807, 2.05) is 0 Å². The molecule has 1 N–H and O–H groups in total. The fourth-order valence-corrected chi connectivity index (χ4v) is 1.66. The van der Waals surface area contributed by atoms with Crippen LogP contribution < -0.4 is 4.74 Å². The van der Waals surface area contributed by atoms with Crippen LogP contribution in [0.15, 0.2) is 23.2 Å². The highest BCUT2D eigenvalue weighted by Crippen LogP contribution is 2.32. The molecule has 1 aromatic carbocycles. The number of aromatic nitrogens is 1. The summed E-state index contributed by atoms with van der Waals surface area (Å²) in [5, 5.41) is 0.856. The number of hydrogen-bond donors (Lipinski definition) is 1. The summed E-state index contributed by atoms with van der Waals surface area (Å²) in [6, 6.07) is 5.27. The number of hydrogen-bond acceptors (Lipinski definition) is 4. The summed E-state index contributed by atoms with van der Waals surface area (Å²) in [5.74, 6) is 0.205. The minimum absolute atomic E-state index is 0.394. The molecule has 0 unspecified atom stereocenters. The van der Waals surface area contributed by atoms with E-state index in [1.54, 1.807) is 25.3 Å². The number of carbonyl (C=O) groups is 1. The Hall–Kier alpha value is -2.30. The number of rotatable bonds is 3. The van der Waals surface area contributed by atoms with Crippen molar-refractivity contribution < 1.29 is 14.3 Å². The molecule has 0 aliphatic rings. The molecule has 0 spiro atoms. The van der Waals surface area contributed by atoms with Crippen molar-refractivity contribution in [3.8, 4) is 5.75 Å². The second kappa shape index (κ2) is 4.29. The molecule has 0 aliphatic heterocycles. The second-order valence-corrected chi connectivity index (χ2v) is 3.44. The third-order valence-corrected chi connectivity index (χ3v) is 2.50. The molecule has 2 aromatic rings. The third kappa shape index (κ3) is 1.87. The molecule has 2 rings (SSSR count). The van der Waals surface area contributed by atoms with E-state index < -0.39 is 5.97 Å². The van der Waals surface area contributed by atoms with Gasteiger partial charge in [0.25, 0.3) is 0 Å². The molecule has 0 bridgehead atoms. The molecule has 88 valence electrons. The lowest BCUT2D eigenvalue weighted by atomic mass is 10.2. The molecule has 0 aliphatic carbocycles. The van der Waals surface area contributed by atoms with E-state index in [0.29, 0.717) is 17.1 Å². The molecular formula is C12H12N2O3. The molecule has 0 fully saturated rings. The van der Waals surface area contributed by atoms with Crippen molar-refractivity contribution in [3.05, 3.63) is 23.9 Å². The zero-order valence-corrected chi connectivity index (χ0v) is 9.61. The number of methoxy groups -OCH3 is 2. The molecule has 0 amide bonds. The van der Waals surface area contributed by atoms with Gasteiger partial charge in [0, 0.05) is 10.9 Å². The maximum Gasteiger partial charge on any atom is 0.354 e. The number of benzene rings is 1. The van der Waals surface area contributed by atoms with Gasteiger partial charge in [-0.25, -0.2) is 4.79 Å². The molecule has 0 saturated heterocycles. The number of fused-ring (bicyclic) bond motifs is 1. The van der Waals surface area contributed by atoms with Gasteiger partial charge in [0.15, 0.2) is 0 Å². The lowest BCUT2D eigenvalue weighted by Crippen LogP contribution is -2.00. The fraction of sp³-hybridized carbons (Fsp3) is 0.167. The van der Waals surface area contributed by atoms with Gasteiger partial charge < -0.3 is 14.5 Å². The van der Waals surface area contributed by atoms with Crippen LogP contribution in [0.1, 0.15) is 10.5 Å². The van der Waals surface area contributed by atoms with Gasteiger partial charge in [-0.05, 0) is 24.9 Å². The summed E-state index contributed by atoms with van der Waals surface area (Å²) >= 11 is 0. The van der Waals surface area contributed by atoms with Crippen LogP contribution in [0.3, 0.4) is 0 Å². The van der Waals surface area contributed by atoms with Gasteiger partial charge >= 0.3 is 5.97 Å². The van der Waals surface area contributed by atoms with Gasteiger partial charge in [-0.15, -0.1) is 0 Å². The Kier molecular flexibility index (Phi) is 2.82. The number of ether oxygens (including phenoxy) is 2. The SMILES string of the molecule is C=Nc1cc2[nH]c(C(=O)OC)cc2cc1OC. The maximum absolute atomic E-state index is 11.4. The predicted octanol–water partition coefficient (Wildman–Crippen LogP) is 2.30. The number of aromatic amines is 1. The molecule has 5 nitrogen and oxygen atoms in total. The molecule has 0 radical (unpaired) electrons. The number of aliphatic imine (C=N–C) groups is 1. The van der Waals surface area contributed by atoms with E-state index in [0.717, 1.165) is 10.9 Å². The Balaban J connectivity index is 2.61. The molecule has 0 atom stereocenters. The van der Waals surface area contributed by atoms with E-state index in [2.05, 4.69) is 21.4 Å². The highest BCUT2D eigenvalue weighted by atomic mass is 16.5. The molecular weight excluding hydrogens is 220 g/mol. The van der Waals surface area contributed by atoms with Crippen molar-refractivity contribution in [1.29, 1.82) is 0 Å². The minimum atomic E-state index is -0.409. The average Bonchev–Trinajstić information content (AvgIpc) is 2.78. The predicted molar refractivity (Wildman–Crippen MR) is 65.4 cm³/mol. The topological polar surface area (TPSA) is 63.7 Å². The Morgan fingerprint density at radius 1 is 1.35 bits per heavy atom. The minimum Gasteiger partial charge on any atom is -0.494 e. The van der Waals surface area contributed by atoms with Crippen LogP contribution in [0, 0.1) is 0 Å². The monoisotopic (exact) mass is 232 g/mol. The third-order valence-electron chi connectivity index (χ3n) is 2.50. The van der Waals surface area contributed by atoms with Crippen molar-refractivity contribution in [2.24, 2.45) is 4.99 Å². The van der Waals surface area contributed by atoms with Crippen LogP contribution in [-0.2, 0) is 4.74 Å². The number of carbonyl (C=O) groups excluding carboxylic acids is 1. The zero-order chi connectivity index (χ0) is 12.4. The van der Waals surface area contributed by atoms with Crippen LogP contribution in [0.25, 0.3) is 10.9 Å². The van der Waals surface area contributed by atoms with E-state index in [4.69, 9.17) is 4.74 Å². The quantitative estimate of drug-likeness (QED) is 0.652. The first-order chi connectivity index (χ1) is 8.19. The first kappa shape index (κ1) is 11.2. The van der Waals surface area contributed by atoms with Gasteiger partial charge in [0.1, 0.15) is 17.1 Å². The smallest absolute Gasteiger partial charge is 0.354 e. The van der Waals surface area contributed by atoms with E-state index in [1.165, 1.54) is 7.11 Å². The summed E-state index contributed by atoms with van der Waals surface area (Å²) in [6.45, 7) is 3.47. The Labute approximate surface area is 98.1 Å². The summed E-state index contributed by atoms with van der Waals surface area (Å²) in [6.07, 6.45) is 0. The van der Waals surface area contributed by atoms with Gasteiger partial charge in [-0.1, -0.05) is 0 Å². The lowest BCUT2D eigenvalue weighted by molar-refractivity contribution is 0.0595. The lowest BCUT2D eigenvalue weighted by Gasteiger charge is -2.03. The van der Waals surface area contributed by atoms with Gasteiger partial charge in [-0.2, -0.15) is 0 Å². The number of esters is 1. The highest BCUT2D eigenvalue weighted by molar-refractivity contribution is 5.96.